The molecule has 2 atom stereocenters. The Bertz CT molecular complexity index is 1600. The molecule has 4 aromatic rings. The number of rotatable bonds is 8. The zero-order chi connectivity index (χ0) is 28.6. The lowest BCUT2D eigenvalue weighted by atomic mass is 9.89. The Labute approximate surface area is 239 Å². The van der Waals surface area contributed by atoms with E-state index in [1.165, 1.54) is 12.1 Å². The number of aryl methyl sites for hydroxylation is 1. The second-order valence-corrected chi connectivity index (χ2v) is 13.0. The predicted octanol–water partition coefficient (Wildman–Crippen LogP) is 6.04. The van der Waals surface area contributed by atoms with E-state index < -0.39 is 16.3 Å². The minimum absolute atomic E-state index is 0.0632. The summed E-state index contributed by atoms with van der Waals surface area (Å²) in [4.78, 5) is 0.300. The van der Waals surface area contributed by atoms with E-state index in [4.69, 9.17) is 4.42 Å². The highest BCUT2D eigenvalue weighted by atomic mass is 32.2. The third-order valence-corrected chi connectivity index (χ3v) is 10.2. The Morgan fingerprint density at radius 3 is 2.50 bits per heavy atom. The Hall–Kier alpha value is -2.89. The smallest absolute Gasteiger partial charge is 0.243 e. The van der Waals surface area contributed by atoms with E-state index >= 15 is 0 Å². The first-order valence-electron chi connectivity index (χ1n) is 13.2. The number of anilines is 1. The van der Waals surface area contributed by atoms with E-state index in [1.807, 2.05) is 48.8 Å². The number of nitrogens with zero attached hydrogens (tertiary/aromatic N) is 2. The molecule has 10 heteroatoms. The number of piperidine rings is 1. The molecule has 0 aliphatic carbocycles. The van der Waals surface area contributed by atoms with Gasteiger partial charge in [-0.05, 0) is 80.8 Å². The van der Waals surface area contributed by atoms with Crippen LogP contribution in [0.4, 0.5) is 10.1 Å². The Kier molecular flexibility index (Phi) is 8.26. The van der Waals surface area contributed by atoms with Crippen LogP contribution in [0.5, 0.6) is 0 Å². The number of aliphatic hydroxyl groups is 1. The molecule has 1 unspecified atom stereocenters. The van der Waals surface area contributed by atoms with Crippen molar-refractivity contribution in [3.05, 3.63) is 83.2 Å². The molecular formula is C30H34FN3O4S2. The quantitative estimate of drug-likeness (QED) is 0.193. The summed E-state index contributed by atoms with van der Waals surface area (Å²) in [5, 5.41) is 14.6. The van der Waals surface area contributed by atoms with E-state index in [9.17, 15) is 17.9 Å². The minimum Gasteiger partial charge on any atom is -0.456 e. The number of hydrogen-bond acceptors (Lipinski definition) is 7. The Morgan fingerprint density at radius 1 is 1.15 bits per heavy atom. The first-order chi connectivity index (χ1) is 19.1. The van der Waals surface area contributed by atoms with Crippen molar-refractivity contribution in [1.29, 1.82) is 0 Å². The molecule has 0 radical (unpaired) electrons. The third-order valence-electron chi connectivity index (χ3n) is 7.62. The lowest BCUT2D eigenvalue weighted by molar-refractivity contribution is 0.150. The zero-order valence-electron chi connectivity index (χ0n) is 23.0. The van der Waals surface area contributed by atoms with Crippen molar-refractivity contribution in [3.8, 4) is 11.3 Å². The van der Waals surface area contributed by atoms with Crippen LogP contribution in [0.25, 0.3) is 22.3 Å². The molecule has 0 bridgehead atoms. The maximum Gasteiger partial charge on any atom is 0.243 e. The van der Waals surface area contributed by atoms with Gasteiger partial charge in [0, 0.05) is 49.0 Å². The maximum absolute atomic E-state index is 13.7. The van der Waals surface area contributed by atoms with Crippen molar-refractivity contribution >= 4 is 38.6 Å². The number of hydrogen-bond donors (Lipinski definition) is 2. The van der Waals surface area contributed by atoms with Crippen molar-refractivity contribution in [3.63, 3.8) is 0 Å². The topological polar surface area (TPSA) is 86.0 Å². The highest BCUT2D eigenvalue weighted by molar-refractivity contribution is 7.99. The fraction of sp³-hybridized carbons (Fsp3) is 0.333. The fourth-order valence-electron chi connectivity index (χ4n) is 5.37. The number of nitrogens with one attached hydrogen (secondary N) is 1. The molecule has 1 aromatic heterocycles. The van der Waals surface area contributed by atoms with Crippen LogP contribution < -0.4 is 9.62 Å². The van der Waals surface area contributed by atoms with Gasteiger partial charge in [0.15, 0.2) is 0 Å². The van der Waals surface area contributed by atoms with Crippen molar-refractivity contribution in [1.82, 2.24) is 9.62 Å². The van der Waals surface area contributed by atoms with E-state index in [1.54, 1.807) is 47.6 Å². The molecule has 1 fully saturated rings. The molecule has 2 N–H and O–H groups in total. The first kappa shape index (κ1) is 28.6. The van der Waals surface area contributed by atoms with Crippen LogP contribution in [-0.4, -0.2) is 51.3 Å². The molecule has 5 rings (SSSR count). The van der Waals surface area contributed by atoms with Gasteiger partial charge in [-0.3, -0.25) is 5.32 Å². The molecule has 2 heterocycles. The van der Waals surface area contributed by atoms with E-state index in [0.29, 0.717) is 40.5 Å². The van der Waals surface area contributed by atoms with Crippen LogP contribution in [-0.2, 0) is 10.0 Å². The maximum atomic E-state index is 13.7. The molecule has 1 saturated heterocycles. The second-order valence-electron chi connectivity index (χ2n) is 10.1. The van der Waals surface area contributed by atoms with Gasteiger partial charge in [-0.25, -0.2) is 12.8 Å². The number of fused-ring (bicyclic) bond motifs is 1. The van der Waals surface area contributed by atoms with Crippen LogP contribution in [0.2, 0.25) is 0 Å². The summed E-state index contributed by atoms with van der Waals surface area (Å²) in [6, 6.07) is 16.9. The van der Waals surface area contributed by atoms with Gasteiger partial charge in [0.05, 0.1) is 10.6 Å². The summed E-state index contributed by atoms with van der Waals surface area (Å²) >= 11 is 1.55. The van der Waals surface area contributed by atoms with Crippen molar-refractivity contribution in [2.24, 2.45) is 0 Å². The number of furan rings is 1. The summed E-state index contributed by atoms with van der Waals surface area (Å²) < 4.78 is 50.7. The van der Waals surface area contributed by atoms with E-state index in [0.717, 1.165) is 35.0 Å². The highest BCUT2D eigenvalue weighted by Crippen LogP contribution is 2.44. The molecule has 0 amide bonds. The Balaban J connectivity index is 1.62. The molecular weight excluding hydrogens is 549 g/mol. The minimum atomic E-state index is -3.65. The summed E-state index contributed by atoms with van der Waals surface area (Å²) in [5.74, 6) is 0.0369. The van der Waals surface area contributed by atoms with Crippen molar-refractivity contribution < 1.29 is 22.3 Å². The molecule has 7 nitrogen and oxygen atoms in total. The molecule has 1 aliphatic heterocycles. The van der Waals surface area contributed by atoms with Gasteiger partial charge in [0.1, 0.15) is 23.4 Å². The van der Waals surface area contributed by atoms with Crippen molar-refractivity contribution in [2.45, 2.75) is 36.8 Å². The Morgan fingerprint density at radius 2 is 1.85 bits per heavy atom. The second kappa shape index (κ2) is 11.5. The summed E-state index contributed by atoms with van der Waals surface area (Å²) in [6.07, 6.45) is 2.51. The van der Waals surface area contributed by atoms with Crippen LogP contribution in [0, 0.1) is 12.7 Å². The van der Waals surface area contributed by atoms with E-state index in [2.05, 4.69) is 5.32 Å². The fourth-order valence-corrected chi connectivity index (χ4v) is 7.25. The zero-order valence-corrected chi connectivity index (χ0v) is 24.7. The third kappa shape index (κ3) is 5.38. The summed E-state index contributed by atoms with van der Waals surface area (Å²) in [5.41, 5.74) is 4.71. The van der Waals surface area contributed by atoms with Crippen molar-refractivity contribution in [2.75, 3.05) is 37.7 Å². The van der Waals surface area contributed by atoms with Crippen LogP contribution >= 0.6 is 11.9 Å². The molecule has 3 aromatic carbocycles. The number of aliphatic hydroxyl groups excluding tert-OH is 1. The van der Waals surface area contributed by atoms with Gasteiger partial charge in [-0.1, -0.05) is 29.6 Å². The highest BCUT2D eigenvalue weighted by Gasteiger charge is 2.33. The average molecular weight is 584 g/mol. The van der Waals surface area contributed by atoms with Gasteiger partial charge in [0.2, 0.25) is 10.0 Å². The average Bonchev–Trinajstić information content (AvgIpc) is 3.34. The van der Waals surface area contributed by atoms with Gasteiger partial charge < -0.3 is 13.8 Å². The summed E-state index contributed by atoms with van der Waals surface area (Å²) in [7, 11) is -0.0256. The van der Waals surface area contributed by atoms with Gasteiger partial charge in [0.25, 0.3) is 0 Å². The number of halogens is 1. The van der Waals surface area contributed by atoms with E-state index in [-0.39, 0.29) is 11.7 Å². The molecule has 212 valence electrons. The number of benzene rings is 3. The predicted molar refractivity (Wildman–Crippen MR) is 159 cm³/mol. The molecule has 0 spiro atoms. The van der Waals surface area contributed by atoms with Gasteiger partial charge >= 0.3 is 0 Å². The standard InChI is InChI=1S/C30H34FN3O4S2/c1-19-7-13-23(14-8-19)40(36,37)34-15-5-6-21(18-34)24-16-25-27(17-26(24)33(3)39-4)38-29(28(25)30(35)32-2)20-9-11-22(31)12-10-20/h7-14,16-17,21,30,32,35H,5-6,15,18H2,1-4H3/t21-,30?/m1/s1. The van der Waals surface area contributed by atoms with Crippen LogP contribution in [0.1, 0.15) is 41.7 Å². The SMILES string of the molecule is CNC(O)c1c(-c2ccc(F)cc2)oc2cc(N(C)SC)c([C@@H]3CCCN(S(=O)(=O)c4ccc(C)cc4)C3)cc12. The normalized spacial score (nSPS) is 17.3. The molecule has 0 saturated carbocycles. The molecule has 40 heavy (non-hydrogen) atoms. The monoisotopic (exact) mass is 583 g/mol. The van der Waals surface area contributed by atoms with Gasteiger partial charge in [-0.15, -0.1) is 0 Å². The lowest BCUT2D eigenvalue weighted by Crippen LogP contribution is -2.39. The molecule has 1 aliphatic rings. The van der Waals surface area contributed by atoms with Crippen LogP contribution in [0.15, 0.2) is 70.0 Å². The summed E-state index contributed by atoms with van der Waals surface area (Å²) in [6.45, 7) is 2.75. The number of sulfonamides is 1. The van der Waals surface area contributed by atoms with Gasteiger partial charge in [-0.2, -0.15) is 4.31 Å². The lowest BCUT2D eigenvalue weighted by Gasteiger charge is -2.34. The largest absolute Gasteiger partial charge is 0.456 e. The van der Waals surface area contributed by atoms with Crippen LogP contribution in [0.3, 0.4) is 0 Å². The first-order valence-corrected chi connectivity index (χ1v) is 15.8.